The number of aromatic nitrogens is 1. The van der Waals surface area contributed by atoms with Gasteiger partial charge in [-0.05, 0) is 30.3 Å². The third-order valence-corrected chi connectivity index (χ3v) is 7.57. The van der Waals surface area contributed by atoms with Gasteiger partial charge in [-0.1, -0.05) is 42.5 Å². The van der Waals surface area contributed by atoms with Gasteiger partial charge in [0.15, 0.2) is 0 Å². The fourth-order valence-corrected chi connectivity index (χ4v) is 6.35. The Morgan fingerprint density at radius 3 is 2.28 bits per heavy atom. The van der Waals surface area contributed by atoms with Crippen LogP contribution in [-0.4, -0.2) is 4.98 Å². The monoisotopic (exact) mass is 387 g/mol. The van der Waals surface area contributed by atoms with Gasteiger partial charge in [-0.25, -0.2) is 0 Å². The maximum atomic E-state index is 6.30. The van der Waals surface area contributed by atoms with Crippen molar-refractivity contribution >= 4 is 86.0 Å². The van der Waals surface area contributed by atoms with Gasteiger partial charge in [0.1, 0.15) is 11.2 Å². The number of benzene rings is 5. The van der Waals surface area contributed by atoms with Gasteiger partial charge in [0, 0.05) is 63.5 Å². The molecule has 8 rings (SSSR count). The maximum Gasteiger partial charge on any atom is 0.143 e. The molecule has 8 aromatic rings. The zero-order valence-corrected chi connectivity index (χ0v) is 16.1. The summed E-state index contributed by atoms with van der Waals surface area (Å²) in [5.41, 5.74) is 4.31. The molecule has 3 heteroatoms. The number of rotatable bonds is 0. The van der Waals surface area contributed by atoms with E-state index < -0.39 is 0 Å². The van der Waals surface area contributed by atoms with Crippen molar-refractivity contribution in [3.8, 4) is 0 Å². The van der Waals surface area contributed by atoms with Gasteiger partial charge in [0.25, 0.3) is 0 Å². The molecule has 0 radical (unpaired) electrons. The molecule has 3 heterocycles. The van der Waals surface area contributed by atoms with E-state index in [4.69, 9.17) is 4.42 Å². The van der Waals surface area contributed by atoms with Crippen LogP contribution in [0.25, 0.3) is 74.7 Å². The van der Waals surface area contributed by atoms with Crippen LogP contribution in [-0.2, 0) is 0 Å². The predicted molar refractivity (Wildman–Crippen MR) is 125 cm³/mol. The Morgan fingerprint density at radius 2 is 1.34 bits per heavy atom. The van der Waals surface area contributed by atoms with Crippen LogP contribution in [0.1, 0.15) is 0 Å². The van der Waals surface area contributed by atoms with Crippen molar-refractivity contribution in [2.24, 2.45) is 0 Å². The molecule has 29 heavy (non-hydrogen) atoms. The highest BCUT2D eigenvalue weighted by molar-refractivity contribution is 7.26. The Morgan fingerprint density at radius 1 is 0.621 bits per heavy atom. The first-order valence-corrected chi connectivity index (χ1v) is 10.6. The van der Waals surface area contributed by atoms with Crippen LogP contribution >= 0.6 is 11.3 Å². The Balaban J connectivity index is 1.66. The Kier molecular flexibility index (Phi) is 2.34. The summed E-state index contributed by atoms with van der Waals surface area (Å²) in [7, 11) is 0. The molecule has 2 nitrogen and oxygen atoms in total. The third-order valence-electron chi connectivity index (χ3n) is 6.35. The van der Waals surface area contributed by atoms with Crippen molar-refractivity contribution in [2.75, 3.05) is 0 Å². The van der Waals surface area contributed by atoms with Crippen molar-refractivity contribution < 1.29 is 4.42 Å². The molecular weight excluding hydrogens is 374 g/mol. The highest BCUT2D eigenvalue weighted by Crippen LogP contribution is 2.46. The second-order valence-electron chi connectivity index (χ2n) is 7.83. The van der Waals surface area contributed by atoms with Crippen molar-refractivity contribution in [2.45, 2.75) is 0 Å². The van der Waals surface area contributed by atoms with Crippen LogP contribution < -0.4 is 0 Å². The first kappa shape index (κ1) is 14.4. The highest BCUT2D eigenvalue weighted by Gasteiger charge is 2.20. The SMILES string of the molecule is c1ccc2c(c1)oc1c2cc2[nH]c3cc4c5ccccc5sc4c4ccc1c2c34. The van der Waals surface area contributed by atoms with Gasteiger partial charge < -0.3 is 9.40 Å². The average Bonchev–Trinajstić information content (AvgIpc) is 3.43. The molecular formula is C26H13NOS. The van der Waals surface area contributed by atoms with Crippen molar-refractivity contribution in [3.05, 3.63) is 72.8 Å². The lowest BCUT2D eigenvalue weighted by molar-refractivity contribution is 0.673. The lowest BCUT2D eigenvalue weighted by atomic mass is 9.98. The van der Waals surface area contributed by atoms with Crippen LogP contribution in [0, 0.1) is 0 Å². The largest absolute Gasteiger partial charge is 0.455 e. The number of nitrogens with one attached hydrogen (secondary N) is 1. The Bertz CT molecular complexity index is 1780. The molecule has 0 amide bonds. The first-order chi connectivity index (χ1) is 14.4. The van der Waals surface area contributed by atoms with Crippen molar-refractivity contribution in [1.29, 1.82) is 0 Å². The van der Waals surface area contributed by atoms with E-state index in [9.17, 15) is 0 Å². The molecule has 0 saturated carbocycles. The number of thiophene rings is 1. The number of fused-ring (bicyclic) bond motifs is 8. The van der Waals surface area contributed by atoms with Crippen molar-refractivity contribution in [1.82, 2.24) is 4.98 Å². The lowest BCUT2D eigenvalue weighted by Crippen LogP contribution is -1.78. The van der Waals surface area contributed by atoms with Gasteiger partial charge in [0.2, 0.25) is 0 Å². The normalized spacial score (nSPS) is 12.8. The summed E-state index contributed by atoms with van der Waals surface area (Å²) in [6.45, 7) is 0. The van der Waals surface area contributed by atoms with Gasteiger partial charge in [-0.3, -0.25) is 0 Å². The highest BCUT2D eigenvalue weighted by atomic mass is 32.1. The molecule has 1 N–H and O–H groups in total. The average molecular weight is 387 g/mol. The van der Waals surface area contributed by atoms with Crippen LogP contribution in [0.5, 0.6) is 0 Å². The minimum atomic E-state index is 0.946. The van der Waals surface area contributed by atoms with Gasteiger partial charge in [-0.15, -0.1) is 11.3 Å². The third kappa shape index (κ3) is 1.61. The van der Waals surface area contributed by atoms with E-state index in [1.807, 2.05) is 23.5 Å². The molecule has 0 saturated heterocycles. The zero-order chi connectivity index (χ0) is 18.7. The molecule has 0 aliphatic rings. The fourth-order valence-electron chi connectivity index (χ4n) is 5.13. The molecule has 5 aromatic carbocycles. The Labute approximate surface area is 168 Å². The molecule has 0 fully saturated rings. The predicted octanol–water partition coefficient (Wildman–Crippen LogP) is 8.18. The summed E-state index contributed by atoms with van der Waals surface area (Å²) in [6, 6.07) is 26.1. The van der Waals surface area contributed by atoms with Crippen LogP contribution in [0.3, 0.4) is 0 Å². The first-order valence-electron chi connectivity index (χ1n) is 9.79. The molecule has 0 unspecified atom stereocenters. The topological polar surface area (TPSA) is 28.9 Å². The Hall–Kier alpha value is -3.56. The second kappa shape index (κ2) is 4.70. The van der Waals surface area contributed by atoms with E-state index in [1.165, 1.54) is 63.5 Å². The van der Waals surface area contributed by atoms with E-state index in [1.54, 1.807) is 0 Å². The molecule has 0 bridgehead atoms. The summed E-state index contributed by atoms with van der Waals surface area (Å²) in [5.74, 6) is 0. The number of hydrogen-bond acceptors (Lipinski definition) is 2. The number of hydrogen-bond donors (Lipinski definition) is 1. The molecule has 0 spiro atoms. The fraction of sp³-hybridized carbons (Fsp3) is 0. The molecule has 134 valence electrons. The quantitative estimate of drug-likeness (QED) is 0.261. The molecule has 0 aliphatic heterocycles. The van der Waals surface area contributed by atoms with Crippen molar-refractivity contribution in [3.63, 3.8) is 0 Å². The smallest absolute Gasteiger partial charge is 0.143 e. The van der Waals surface area contributed by atoms with E-state index >= 15 is 0 Å². The summed E-state index contributed by atoms with van der Waals surface area (Å²) < 4.78 is 9.01. The summed E-state index contributed by atoms with van der Waals surface area (Å²) >= 11 is 1.89. The second-order valence-corrected chi connectivity index (χ2v) is 8.89. The summed E-state index contributed by atoms with van der Waals surface area (Å²) in [5, 5.41) is 10.1. The van der Waals surface area contributed by atoms with Gasteiger partial charge in [0.05, 0.1) is 0 Å². The summed E-state index contributed by atoms with van der Waals surface area (Å²) in [4.78, 5) is 3.72. The summed E-state index contributed by atoms with van der Waals surface area (Å²) in [6.07, 6.45) is 0. The molecule has 0 atom stereocenters. The number of furan rings is 1. The zero-order valence-electron chi connectivity index (χ0n) is 15.2. The van der Waals surface area contributed by atoms with Crippen LogP contribution in [0.2, 0.25) is 0 Å². The van der Waals surface area contributed by atoms with E-state index in [0.717, 1.165) is 11.2 Å². The van der Waals surface area contributed by atoms with E-state index in [-0.39, 0.29) is 0 Å². The van der Waals surface area contributed by atoms with E-state index in [2.05, 4.69) is 65.6 Å². The van der Waals surface area contributed by atoms with Crippen LogP contribution in [0.15, 0.2) is 77.2 Å². The minimum absolute atomic E-state index is 0.946. The maximum absolute atomic E-state index is 6.30. The number of H-pyrrole nitrogens is 1. The molecule has 0 aliphatic carbocycles. The van der Waals surface area contributed by atoms with E-state index in [0.29, 0.717) is 0 Å². The molecule has 3 aromatic heterocycles. The van der Waals surface area contributed by atoms with Gasteiger partial charge >= 0.3 is 0 Å². The standard InChI is InChI=1S/C26H13NOS/c1-3-7-21-13(5-1)17-11-19-23-15(25(17)28-21)9-10-16-24(23)20(27-19)12-18-14-6-2-4-8-22(14)29-26(16)18/h1-12,27H. The number of para-hydroxylation sites is 1. The number of aromatic amines is 1. The lowest BCUT2D eigenvalue weighted by Gasteiger charge is -2.04. The van der Waals surface area contributed by atoms with Crippen LogP contribution in [0.4, 0.5) is 0 Å². The minimum Gasteiger partial charge on any atom is -0.455 e. The van der Waals surface area contributed by atoms with Gasteiger partial charge in [-0.2, -0.15) is 0 Å².